The molecule has 0 unspecified atom stereocenters. The molecule has 8 nitrogen and oxygen atoms in total. The summed E-state index contributed by atoms with van der Waals surface area (Å²) < 4.78 is 16.1. The van der Waals surface area contributed by atoms with Gasteiger partial charge in [-0.3, -0.25) is 9.78 Å². The third kappa shape index (κ3) is 2.46. The standard InChI is InChI=1S/C18H14N4O4/c23-16-6-12(18-20-17(21-26-18)11-2-1-5-19-8-11)9-22(16)13-3-4-14-15(7-13)25-10-24-14/h1-5,7-8,12H,6,9-10H2/t12-/m1/s1. The Hall–Kier alpha value is -3.42. The summed E-state index contributed by atoms with van der Waals surface area (Å²) >= 11 is 0. The number of benzene rings is 1. The molecule has 0 saturated carbocycles. The monoisotopic (exact) mass is 350 g/mol. The average Bonchev–Trinajstić information content (AvgIpc) is 3.41. The third-order valence-corrected chi connectivity index (χ3v) is 4.50. The number of anilines is 1. The van der Waals surface area contributed by atoms with Crippen LogP contribution in [-0.4, -0.2) is 34.4 Å². The van der Waals surface area contributed by atoms with Crippen molar-refractivity contribution in [2.24, 2.45) is 0 Å². The smallest absolute Gasteiger partial charge is 0.232 e. The SMILES string of the molecule is O=C1C[C@@H](c2nc(-c3cccnc3)no2)CN1c1ccc2c(c1)OCO2. The first-order valence-electron chi connectivity index (χ1n) is 8.22. The maximum absolute atomic E-state index is 12.5. The van der Waals surface area contributed by atoms with Gasteiger partial charge in [0.2, 0.25) is 24.4 Å². The van der Waals surface area contributed by atoms with Crippen LogP contribution in [0.1, 0.15) is 18.2 Å². The van der Waals surface area contributed by atoms with E-state index in [2.05, 4.69) is 15.1 Å². The molecule has 0 aliphatic carbocycles. The minimum absolute atomic E-state index is 0.00925. The van der Waals surface area contributed by atoms with Crippen molar-refractivity contribution in [1.82, 2.24) is 15.1 Å². The number of hydrogen-bond donors (Lipinski definition) is 0. The number of hydrogen-bond acceptors (Lipinski definition) is 7. The van der Waals surface area contributed by atoms with Crippen LogP contribution in [0.25, 0.3) is 11.4 Å². The lowest BCUT2D eigenvalue weighted by molar-refractivity contribution is -0.117. The lowest BCUT2D eigenvalue weighted by atomic mass is 10.1. The second kappa shape index (κ2) is 5.83. The first-order chi connectivity index (χ1) is 12.8. The molecule has 2 aliphatic heterocycles. The molecule has 5 rings (SSSR count). The van der Waals surface area contributed by atoms with E-state index in [1.54, 1.807) is 17.3 Å². The van der Waals surface area contributed by atoms with E-state index >= 15 is 0 Å². The molecule has 130 valence electrons. The number of carbonyl (C=O) groups is 1. The number of ether oxygens (including phenoxy) is 2. The molecule has 2 aliphatic rings. The molecule has 4 heterocycles. The zero-order chi connectivity index (χ0) is 17.5. The summed E-state index contributed by atoms with van der Waals surface area (Å²) in [5.74, 6) is 2.13. The first-order valence-corrected chi connectivity index (χ1v) is 8.22. The molecule has 1 fully saturated rings. The fourth-order valence-electron chi connectivity index (χ4n) is 3.19. The number of fused-ring (bicyclic) bond motifs is 1. The van der Waals surface area contributed by atoms with Crippen LogP contribution in [0.15, 0.2) is 47.2 Å². The quantitative estimate of drug-likeness (QED) is 0.716. The van der Waals surface area contributed by atoms with Gasteiger partial charge in [-0.05, 0) is 24.3 Å². The Labute approximate surface area is 148 Å². The van der Waals surface area contributed by atoms with E-state index in [1.165, 1.54) is 0 Å². The van der Waals surface area contributed by atoms with E-state index in [0.29, 0.717) is 36.2 Å². The lowest BCUT2D eigenvalue weighted by Crippen LogP contribution is -2.24. The average molecular weight is 350 g/mol. The van der Waals surface area contributed by atoms with E-state index in [-0.39, 0.29) is 18.6 Å². The van der Waals surface area contributed by atoms with E-state index in [1.807, 2.05) is 30.3 Å². The Bertz CT molecular complexity index is 972. The van der Waals surface area contributed by atoms with E-state index < -0.39 is 0 Å². The molecule has 0 bridgehead atoms. The Balaban J connectivity index is 1.38. The molecular formula is C18H14N4O4. The van der Waals surface area contributed by atoms with Crippen molar-refractivity contribution in [3.8, 4) is 22.9 Å². The highest BCUT2D eigenvalue weighted by Gasteiger charge is 2.35. The summed E-state index contributed by atoms with van der Waals surface area (Å²) in [5, 5.41) is 4.01. The van der Waals surface area contributed by atoms with Crippen molar-refractivity contribution in [1.29, 1.82) is 0 Å². The van der Waals surface area contributed by atoms with Crippen LogP contribution in [0, 0.1) is 0 Å². The Morgan fingerprint density at radius 1 is 1.15 bits per heavy atom. The zero-order valence-electron chi connectivity index (χ0n) is 13.7. The molecule has 2 aromatic heterocycles. The Kier molecular flexibility index (Phi) is 3.34. The first kappa shape index (κ1) is 14.9. The molecule has 1 amide bonds. The molecule has 8 heteroatoms. The van der Waals surface area contributed by atoms with Crippen LogP contribution in [0.3, 0.4) is 0 Å². The largest absolute Gasteiger partial charge is 0.454 e. The van der Waals surface area contributed by atoms with Crippen molar-refractivity contribution < 1.29 is 18.8 Å². The van der Waals surface area contributed by atoms with Crippen molar-refractivity contribution >= 4 is 11.6 Å². The molecule has 1 aromatic carbocycles. The highest BCUT2D eigenvalue weighted by Crippen LogP contribution is 2.38. The second-order valence-corrected chi connectivity index (χ2v) is 6.14. The van der Waals surface area contributed by atoms with Gasteiger partial charge in [-0.1, -0.05) is 5.16 Å². The summed E-state index contributed by atoms with van der Waals surface area (Å²) in [5.41, 5.74) is 1.55. The predicted octanol–water partition coefficient (Wildman–Crippen LogP) is 2.38. The molecular weight excluding hydrogens is 336 g/mol. The van der Waals surface area contributed by atoms with Gasteiger partial charge in [0.1, 0.15) is 0 Å². The van der Waals surface area contributed by atoms with Crippen LogP contribution >= 0.6 is 0 Å². The number of aromatic nitrogens is 3. The van der Waals surface area contributed by atoms with Crippen molar-refractivity contribution in [2.45, 2.75) is 12.3 Å². The van der Waals surface area contributed by atoms with Crippen molar-refractivity contribution in [2.75, 3.05) is 18.2 Å². The topological polar surface area (TPSA) is 90.6 Å². The van der Waals surface area contributed by atoms with Gasteiger partial charge in [0, 0.05) is 42.7 Å². The van der Waals surface area contributed by atoms with E-state index in [4.69, 9.17) is 14.0 Å². The molecule has 26 heavy (non-hydrogen) atoms. The van der Waals surface area contributed by atoms with Gasteiger partial charge in [-0.25, -0.2) is 0 Å². The van der Waals surface area contributed by atoms with Gasteiger partial charge in [0.15, 0.2) is 11.5 Å². The predicted molar refractivity (Wildman–Crippen MR) is 89.8 cm³/mol. The molecule has 0 N–H and O–H groups in total. The molecule has 3 aromatic rings. The zero-order valence-corrected chi connectivity index (χ0v) is 13.7. The maximum atomic E-state index is 12.5. The normalized spacial score (nSPS) is 18.5. The minimum Gasteiger partial charge on any atom is -0.454 e. The summed E-state index contributed by atoms with van der Waals surface area (Å²) in [6.45, 7) is 0.682. The van der Waals surface area contributed by atoms with Gasteiger partial charge < -0.3 is 18.9 Å². The Morgan fingerprint density at radius 3 is 2.96 bits per heavy atom. The maximum Gasteiger partial charge on any atom is 0.232 e. The fraction of sp³-hybridized carbons (Fsp3) is 0.222. The third-order valence-electron chi connectivity index (χ3n) is 4.50. The van der Waals surface area contributed by atoms with Crippen LogP contribution in [-0.2, 0) is 4.79 Å². The van der Waals surface area contributed by atoms with Gasteiger partial charge >= 0.3 is 0 Å². The highest BCUT2D eigenvalue weighted by molar-refractivity contribution is 5.96. The summed E-state index contributed by atoms with van der Waals surface area (Å²) in [6.07, 6.45) is 3.68. The summed E-state index contributed by atoms with van der Waals surface area (Å²) in [6, 6.07) is 9.15. The second-order valence-electron chi connectivity index (χ2n) is 6.14. The van der Waals surface area contributed by atoms with Gasteiger partial charge in [-0.2, -0.15) is 4.98 Å². The fourth-order valence-corrected chi connectivity index (χ4v) is 3.19. The molecule has 1 atom stereocenters. The van der Waals surface area contributed by atoms with Crippen molar-refractivity contribution in [3.63, 3.8) is 0 Å². The molecule has 0 spiro atoms. The molecule has 1 saturated heterocycles. The van der Waals surface area contributed by atoms with Crippen LogP contribution < -0.4 is 14.4 Å². The van der Waals surface area contributed by atoms with E-state index in [9.17, 15) is 4.79 Å². The van der Waals surface area contributed by atoms with E-state index in [0.717, 1.165) is 11.3 Å². The number of carbonyl (C=O) groups excluding carboxylic acids is 1. The van der Waals surface area contributed by atoms with Gasteiger partial charge in [0.25, 0.3) is 0 Å². The minimum atomic E-state index is -0.147. The number of pyridine rings is 1. The molecule has 0 radical (unpaired) electrons. The summed E-state index contributed by atoms with van der Waals surface area (Å²) in [7, 11) is 0. The van der Waals surface area contributed by atoms with Crippen molar-refractivity contribution in [3.05, 3.63) is 48.6 Å². The number of amides is 1. The lowest BCUT2D eigenvalue weighted by Gasteiger charge is -2.16. The van der Waals surface area contributed by atoms with Crippen LogP contribution in [0.5, 0.6) is 11.5 Å². The van der Waals surface area contributed by atoms with Gasteiger partial charge in [-0.15, -0.1) is 0 Å². The summed E-state index contributed by atoms with van der Waals surface area (Å²) in [4.78, 5) is 22.7. The van der Waals surface area contributed by atoms with Crippen LogP contribution in [0.2, 0.25) is 0 Å². The number of nitrogens with zero attached hydrogens (tertiary/aromatic N) is 4. The van der Waals surface area contributed by atoms with Crippen LogP contribution in [0.4, 0.5) is 5.69 Å². The Morgan fingerprint density at radius 2 is 2.08 bits per heavy atom. The van der Waals surface area contributed by atoms with Gasteiger partial charge in [0.05, 0.1) is 5.92 Å². The number of rotatable bonds is 3. The highest BCUT2D eigenvalue weighted by atomic mass is 16.7.